The number of benzene rings is 2. The lowest BCUT2D eigenvalue weighted by atomic mass is 9.83. The highest BCUT2D eigenvalue weighted by atomic mass is 79.9. The van der Waals surface area contributed by atoms with Crippen LogP contribution in [0.25, 0.3) is 0 Å². The number of alkyl halides is 3. The number of carbonyl (C=O) groups excluding carboxylic acids is 2. The molecule has 0 saturated carbocycles. The molecular weight excluding hydrogens is 617 g/mol. The fourth-order valence-corrected chi connectivity index (χ4v) is 6.05. The quantitative estimate of drug-likeness (QED) is 0.265. The first-order valence-corrected chi connectivity index (χ1v) is 14.0. The fourth-order valence-electron chi connectivity index (χ4n) is 5.74. The summed E-state index contributed by atoms with van der Waals surface area (Å²) in [5.41, 5.74) is 1.20. The first-order chi connectivity index (χ1) is 20.0. The molecule has 4 heterocycles. The number of fused-ring (bicyclic) bond motifs is 4. The lowest BCUT2D eigenvalue weighted by Crippen LogP contribution is -2.47. The Balaban J connectivity index is 1.31. The SMILES string of the molecule is O=C(Nc1cccc(C(F)(F)F)c1)c1ccc(N2C[C@H]3C[C@@H](C2)c2cccc(=O)n2C3)c(NC(=O)c2ccc(Br)o2)c1. The minimum absolute atomic E-state index is 0.0114. The van der Waals surface area contributed by atoms with E-state index in [1.165, 1.54) is 24.3 Å². The minimum Gasteiger partial charge on any atom is -0.444 e. The summed E-state index contributed by atoms with van der Waals surface area (Å²) in [6, 6.07) is 17.5. The Kier molecular flexibility index (Phi) is 7.17. The van der Waals surface area contributed by atoms with E-state index in [9.17, 15) is 27.6 Å². The second-order valence-electron chi connectivity index (χ2n) is 10.4. The second kappa shape index (κ2) is 10.8. The van der Waals surface area contributed by atoms with Crippen molar-refractivity contribution in [1.82, 2.24) is 4.57 Å². The van der Waals surface area contributed by atoms with E-state index in [4.69, 9.17) is 4.42 Å². The van der Waals surface area contributed by atoms with Gasteiger partial charge in [-0.2, -0.15) is 13.2 Å². The van der Waals surface area contributed by atoms with Crippen LogP contribution in [-0.2, 0) is 12.7 Å². The smallest absolute Gasteiger partial charge is 0.416 e. The number of carbonyl (C=O) groups is 2. The van der Waals surface area contributed by atoms with E-state index < -0.39 is 23.6 Å². The lowest BCUT2D eigenvalue weighted by Gasteiger charge is -2.44. The maximum absolute atomic E-state index is 13.2. The van der Waals surface area contributed by atoms with Crippen molar-refractivity contribution in [3.63, 3.8) is 0 Å². The van der Waals surface area contributed by atoms with Crippen LogP contribution in [0.15, 0.2) is 86.7 Å². The molecular formula is C30H24BrF3N4O4. The van der Waals surface area contributed by atoms with Crippen LogP contribution in [0, 0.1) is 5.92 Å². The molecule has 2 atom stereocenters. The zero-order valence-corrected chi connectivity index (χ0v) is 23.5. The number of nitrogens with zero attached hydrogens (tertiary/aromatic N) is 2. The molecule has 1 saturated heterocycles. The van der Waals surface area contributed by atoms with Crippen molar-refractivity contribution < 1.29 is 27.2 Å². The number of hydrogen-bond acceptors (Lipinski definition) is 5. The van der Waals surface area contributed by atoms with Crippen molar-refractivity contribution in [2.45, 2.75) is 25.1 Å². The summed E-state index contributed by atoms with van der Waals surface area (Å²) in [7, 11) is 0. The average molecular weight is 641 g/mol. The maximum atomic E-state index is 13.2. The molecule has 0 radical (unpaired) electrons. The van der Waals surface area contributed by atoms with Gasteiger partial charge in [0.2, 0.25) is 0 Å². The maximum Gasteiger partial charge on any atom is 0.416 e. The highest BCUT2D eigenvalue weighted by molar-refractivity contribution is 9.10. The minimum atomic E-state index is -4.55. The number of halogens is 4. The molecule has 8 nitrogen and oxygen atoms in total. The van der Waals surface area contributed by atoms with Gasteiger partial charge >= 0.3 is 6.18 Å². The number of amides is 2. The van der Waals surface area contributed by atoms with Gasteiger partial charge in [0.15, 0.2) is 10.4 Å². The summed E-state index contributed by atoms with van der Waals surface area (Å²) in [5.74, 6) is -0.826. The van der Waals surface area contributed by atoms with Gasteiger partial charge in [-0.3, -0.25) is 14.4 Å². The van der Waals surface area contributed by atoms with Crippen LogP contribution in [0.1, 0.15) is 44.5 Å². The van der Waals surface area contributed by atoms with Crippen molar-refractivity contribution in [3.05, 3.63) is 110 Å². The number of rotatable bonds is 5. The van der Waals surface area contributed by atoms with Gasteiger partial charge < -0.3 is 24.5 Å². The topological polar surface area (TPSA) is 96.6 Å². The van der Waals surface area contributed by atoms with Gasteiger partial charge in [0.1, 0.15) is 0 Å². The van der Waals surface area contributed by atoms with Crippen molar-refractivity contribution in [3.8, 4) is 0 Å². The Morgan fingerprint density at radius 2 is 1.71 bits per heavy atom. The van der Waals surface area contributed by atoms with Crippen molar-refractivity contribution in [2.24, 2.45) is 5.92 Å². The van der Waals surface area contributed by atoms with E-state index >= 15 is 0 Å². The van der Waals surface area contributed by atoms with Crippen LogP contribution < -0.4 is 21.1 Å². The third kappa shape index (κ3) is 5.58. The van der Waals surface area contributed by atoms with Crippen molar-refractivity contribution >= 4 is 44.8 Å². The van der Waals surface area contributed by atoms with Gasteiger partial charge in [0.05, 0.1) is 16.9 Å². The number of aromatic nitrogens is 1. The molecule has 2 N–H and O–H groups in total. The Labute approximate surface area is 246 Å². The van der Waals surface area contributed by atoms with Gasteiger partial charge in [-0.25, -0.2) is 0 Å². The number of pyridine rings is 1. The van der Waals surface area contributed by atoms with Crippen LogP contribution in [-0.4, -0.2) is 29.5 Å². The van der Waals surface area contributed by atoms with E-state index in [2.05, 4.69) is 31.5 Å². The summed E-state index contributed by atoms with van der Waals surface area (Å²) >= 11 is 3.19. The zero-order chi connectivity index (χ0) is 29.6. The largest absolute Gasteiger partial charge is 0.444 e. The van der Waals surface area contributed by atoms with Crippen molar-refractivity contribution in [2.75, 3.05) is 28.6 Å². The van der Waals surface area contributed by atoms with Gasteiger partial charge in [-0.15, -0.1) is 0 Å². The molecule has 2 amide bonds. The third-order valence-electron chi connectivity index (χ3n) is 7.57. The molecule has 216 valence electrons. The normalized spacial score (nSPS) is 17.9. The highest BCUT2D eigenvalue weighted by Crippen LogP contribution is 2.39. The van der Waals surface area contributed by atoms with Gasteiger partial charge in [-0.05, 0) is 82.9 Å². The monoisotopic (exact) mass is 640 g/mol. The molecule has 4 aromatic rings. The van der Waals surface area contributed by atoms with Crippen LogP contribution in [0.5, 0.6) is 0 Å². The molecule has 12 heteroatoms. The van der Waals surface area contributed by atoms with E-state index in [0.717, 1.165) is 24.2 Å². The first kappa shape index (κ1) is 27.8. The van der Waals surface area contributed by atoms with E-state index in [0.29, 0.717) is 35.7 Å². The summed E-state index contributed by atoms with van der Waals surface area (Å²) in [6.45, 7) is 1.80. The van der Waals surface area contributed by atoms with E-state index in [1.54, 1.807) is 30.3 Å². The van der Waals surface area contributed by atoms with Crippen LogP contribution >= 0.6 is 15.9 Å². The molecule has 2 aromatic carbocycles. The predicted molar refractivity (Wildman–Crippen MR) is 154 cm³/mol. The standard InChI is InChI=1S/C30H24BrF3N4O4/c31-26-10-9-25(42-26)29(41)36-22-12-18(28(40)35-21-4-1-3-20(13-21)30(32,33)34)7-8-24(22)37-14-17-11-19(16-37)23-5-2-6-27(39)38(23)15-17/h1-10,12-13,17,19H,11,14-16H2,(H,35,40)(H,36,41)/t17-,19+/m1/s1. The second-order valence-corrected chi connectivity index (χ2v) is 11.2. The molecule has 0 spiro atoms. The third-order valence-corrected chi connectivity index (χ3v) is 8.00. The van der Waals surface area contributed by atoms with Gasteiger partial charge in [0, 0.05) is 48.6 Å². The Bertz CT molecular complexity index is 1750. The number of furan rings is 1. The zero-order valence-electron chi connectivity index (χ0n) is 22.0. The van der Waals surface area contributed by atoms with Crippen LogP contribution in [0.2, 0.25) is 0 Å². The van der Waals surface area contributed by atoms with E-state index in [1.807, 2.05) is 10.6 Å². The molecule has 0 unspecified atom stereocenters. The first-order valence-electron chi connectivity index (χ1n) is 13.2. The molecule has 2 aliphatic rings. The Hall–Kier alpha value is -4.32. The average Bonchev–Trinajstić information content (AvgIpc) is 3.39. The summed E-state index contributed by atoms with van der Waals surface area (Å²) in [4.78, 5) is 40.8. The number of anilines is 3. The number of hydrogen-bond donors (Lipinski definition) is 2. The number of nitrogens with one attached hydrogen (secondary N) is 2. The summed E-state index contributed by atoms with van der Waals surface area (Å²) in [6.07, 6.45) is -3.62. The van der Waals surface area contributed by atoms with Crippen molar-refractivity contribution in [1.29, 1.82) is 0 Å². The molecule has 2 aliphatic heterocycles. The predicted octanol–water partition coefficient (Wildman–Crippen LogP) is 6.35. The molecule has 1 fully saturated rings. The summed E-state index contributed by atoms with van der Waals surface area (Å²) in [5, 5.41) is 5.35. The van der Waals surface area contributed by atoms with E-state index in [-0.39, 0.29) is 34.4 Å². The van der Waals surface area contributed by atoms with Gasteiger partial charge in [0.25, 0.3) is 17.4 Å². The fraction of sp³-hybridized carbons (Fsp3) is 0.233. The lowest BCUT2D eigenvalue weighted by molar-refractivity contribution is -0.137. The Morgan fingerprint density at radius 3 is 2.48 bits per heavy atom. The number of piperidine rings is 1. The Morgan fingerprint density at radius 1 is 0.905 bits per heavy atom. The molecule has 6 rings (SSSR count). The van der Waals surface area contributed by atoms with Crippen LogP contribution in [0.4, 0.5) is 30.2 Å². The van der Waals surface area contributed by atoms with Gasteiger partial charge in [-0.1, -0.05) is 12.1 Å². The molecule has 0 aliphatic carbocycles. The molecule has 42 heavy (non-hydrogen) atoms. The molecule has 2 aromatic heterocycles. The van der Waals surface area contributed by atoms with Crippen LogP contribution in [0.3, 0.4) is 0 Å². The highest BCUT2D eigenvalue weighted by Gasteiger charge is 2.35. The summed E-state index contributed by atoms with van der Waals surface area (Å²) < 4.78 is 47.1. The molecule has 2 bridgehead atoms.